The summed E-state index contributed by atoms with van der Waals surface area (Å²) in [5, 5.41) is 2.40. The average Bonchev–Trinajstić information content (AvgIpc) is 2.68. The number of nitrogens with one attached hydrogen (secondary N) is 1. The highest BCUT2D eigenvalue weighted by Gasteiger charge is 2.56. The number of nitrogens with zero attached hydrogens (tertiary/aromatic N) is 1. The molecule has 1 fully saturated rings. The van der Waals surface area contributed by atoms with E-state index in [4.69, 9.17) is 0 Å². The van der Waals surface area contributed by atoms with E-state index in [1.54, 1.807) is 11.8 Å². The molecule has 0 bridgehead atoms. The molecule has 0 spiro atoms. The average molecular weight is 328 g/mol. The summed E-state index contributed by atoms with van der Waals surface area (Å²) < 4.78 is 0. The predicted octanol–water partition coefficient (Wildman–Crippen LogP) is 2.50. The lowest BCUT2D eigenvalue weighted by Crippen LogP contribution is -2.65. The monoisotopic (exact) mass is 328 g/mol. The highest BCUT2D eigenvalue weighted by Crippen LogP contribution is 2.47. The van der Waals surface area contributed by atoms with E-state index in [1.165, 1.54) is 5.56 Å². The van der Waals surface area contributed by atoms with Crippen LogP contribution in [0.2, 0.25) is 0 Å². The van der Waals surface area contributed by atoms with Crippen LogP contribution in [-0.4, -0.2) is 28.2 Å². The van der Waals surface area contributed by atoms with Crippen molar-refractivity contribution < 1.29 is 14.4 Å². The maximum atomic E-state index is 13.2. The van der Waals surface area contributed by atoms with Crippen molar-refractivity contribution in [2.45, 2.75) is 65.5 Å². The summed E-state index contributed by atoms with van der Waals surface area (Å²) in [4.78, 5) is 39.0. The van der Waals surface area contributed by atoms with Crippen LogP contribution in [0.4, 0.5) is 0 Å². The zero-order valence-electron chi connectivity index (χ0n) is 15.2. The van der Waals surface area contributed by atoms with Crippen LogP contribution in [0.25, 0.3) is 0 Å². The fraction of sp³-hybridized carbons (Fsp3) is 0.526. The van der Waals surface area contributed by atoms with Crippen molar-refractivity contribution in [3.05, 3.63) is 33.9 Å². The summed E-state index contributed by atoms with van der Waals surface area (Å²) in [5.41, 5.74) is 3.37. The van der Waals surface area contributed by atoms with Crippen LogP contribution in [0.15, 0.2) is 6.07 Å². The van der Waals surface area contributed by atoms with Crippen LogP contribution in [0.1, 0.15) is 66.2 Å². The Balaban J connectivity index is 2.19. The molecule has 1 aromatic rings. The van der Waals surface area contributed by atoms with Crippen molar-refractivity contribution in [1.82, 2.24) is 10.2 Å². The molecule has 128 valence electrons. The molecule has 2 aliphatic heterocycles. The summed E-state index contributed by atoms with van der Waals surface area (Å²) >= 11 is 0. The van der Waals surface area contributed by atoms with Crippen molar-refractivity contribution >= 4 is 17.7 Å². The van der Waals surface area contributed by atoms with Gasteiger partial charge in [0.25, 0.3) is 11.8 Å². The number of hydrogen-bond acceptors (Lipinski definition) is 3. The van der Waals surface area contributed by atoms with Crippen LogP contribution in [0.3, 0.4) is 0 Å². The molecule has 0 radical (unpaired) electrons. The van der Waals surface area contributed by atoms with Crippen LogP contribution in [0.5, 0.6) is 0 Å². The van der Waals surface area contributed by atoms with Gasteiger partial charge in [0.05, 0.1) is 5.54 Å². The first-order valence-electron chi connectivity index (χ1n) is 8.32. The lowest BCUT2D eigenvalue weighted by molar-refractivity contribution is -0.144. The minimum Gasteiger partial charge on any atom is -0.315 e. The van der Waals surface area contributed by atoms with E-state index in [-0.39, 0.29) is 24.1 Å². The van der Waals surface area contributed by atoms with Crippen LogP contribution in [-0.2, 0) is 15.1 Å². The molecule has 3 amide bonds. The summed E-state index contributed by atoms with van der Waals surface area (Å²) in [6, 6.07) is 1.93. The Morgan fingerprint density at radius 1 is 1.04 bits per heavy atom. The molecule has 2 aliphatic rings. The smallest absolute Gasteiger partial charge is 0.255 e. The number of carbonyl (C=O) groups is 3. The molecule has 1 aromatic carbocycles. The van der Waals surface area contributed by atoms with Gasteiger partial charge in [0.1, 0.15) is 5.54 Å². The molecule has 1 saturated heterocycles. The Bertz CT molecular complexity index is 794. The number of amides is 3. The molecule has 0 aromatic heterocycles. The SMILES string of the molecule is Cc1cc2c(c(C)c1C)C(C)(C)N(C1(C)CCC(=O)NC1=O)C2=O. The van der Waals surface area contributed by atoms with Crippen molar-refractivity contribution in [2.75, 3.05) is 0 Å². The Morgan fingerprint density at radius 3 is 2.25 bits per heavy atom. The molecule has 1 unspecified atom stereocenters. The largest absolute Gasteiger partial charge is 0.315 e. The van der Waals surface area contributed by atoms with Crippen molar-refractivity contribution in [3.8, 4) is 0 Å². The second kappa shape index (κ2) is 4.91. The fourth-order valence-corrected chi connectivity index (χ4v) is 4.37. The van der Waals surface area contributed by atoms with Crippen LogP contribution < -0.4 is 5.32 Å². The summed E-state index contributed by atoms with van der Waals surface area (Å²) in [6.45, 7) is 11.8. The molecule has 3 rings (SSSR count). The Morgan fingerprint density at radius 2 is 1.67 bits per heavy atom. The molecule has 2 heterocycles. The highest BCUT2D eigenvalue weighted by molar-refractivity contribution is 6.08. The third-order valence-electron chi connectivity index (χ3n) is 5.84. The normalized spacial score (nSPS) is 25.8. The molecule has 1 N–H and O–H groups in total. The van der Waals surface area contributed by atoms with Crippen molar-refractivity contribution in [1.29, 1.82) is 0 Å². The first-order valence-corrected chi connectivity index (χ1v) is 8.32. The Kier molecular flexibility index (Phi) is 3.41. The van der Waals surface area contributed by atoms with Crippen molar-refractivity contribution in [3.63, 3.8) is 0 Å². The fourth-order valence-electron chi connectivity index (χ4n) is 4.37. The quantitative estimate of drug-likeness (QED) is 0.806. The molecule has 5 heteroatoms. The number of fused-ring (bicyclic) bond motifs is 1. The van der Waals surface area contributed by atoms with Gasteiger partial charge in [-0.25, -0.2) is 0 Å². The summed E-state index contributed by atoms with van der Waals surface area (Å²) in [6.07, 6.45) is 0.591. The molecular formula is C19H24N2O3. The number of hydrogen-bond donors (Lipinski definition) is 1. The van der Waals surface area contributed by atoms with Gasteiger partial charge in [-0.05, 0) is 76.3 Å². The summed E-state index contributed by atoms with van der Waals surface area (Å²) in [5.74, 6) is -0.797. The molecule has 5 nitrogen and oxygen atoms in total. The van der Waals surface area contributed by atoms with E-state index in [1.807, 2.05) is 33.8 Å². The third-order valence-corrected chi connectivity index (χ3v) is 5.84. The number of benzene rings is 1. The number of aryl methyl sites for hydroxylation is 1. The Labute approximate surface area is 142 Å². The van der Waals surface area contributed by atoms with Crippen LogP contribution >= 0.6 is 0 Å². The van der Waals surface area contributed by atoms with Gasteiger partial charge >= 0.3 is 0 Å². The van der Waals surface area contributed by atoms with Gasteiger partial charge in [0, 0.05) is 12.0 Å². The standard InChI is InChI=1S/C19H24N2O3/c1-10-9-13-15(12(3)11(10)2)18(4,5)21(16(13)23)19(6)8-7-14(22)20-17(19)24/h9H,7-8H2,1-6H3,(H,20,22,24). The van der Waals surface area contributed by atoms with Crippen molar-refractivity contribution in [2.24, 2.45) is 0 Å². The van der Waals surface area contributed by atoms with Gasteiger partial charge in [-0.3, -0.25) is 19.7 Å². The topological polar surface area (TPSA) is 66.5 Å². The van der Waals surface area contributed by atoms with E-state index in [0.29, 0.717) is 12.0 Å². The maximum absolute atomic E-state index is 13.2. The van der Waals surface area contributed by atoms with E-state index in [9.17, 15) is 14.4 Å². The van der Waals surface area contributed by atoms with Gasteiger partial charge in [-0.15, -0.1) is 0 Å². The minimum absolute atomic E-state index is 0.131. The number of imide groups is 1. The first kappa shape index (κ1) is 16.7. The van der Waals surface area contributed by atoms with E-state index >= 15 is 0 Å². The summed E-state index contributed by atoms with van der Waals surface area (Å²) in [7, 11) is 0. The second-order valence-electron chi connectivity index (χ2n) is 7.72. The van der Waals surface area contributed by atoms with Crippen LogP contribution in [0, 0.1) is 20.8 Å². The molecular weight excluding hydrogens is 304 g/mol. The number of rotatable bonds is 1. The van der Waals surface area contributed by atoms with Gasteiger partial charge in [0.15, 0.2) is 0 Å². The Hall–Kier alpha value is -2.17. The molecule has 24 heavy (non-hydrogen) atoms. The maximum Gasteiger partial charge on any atom is 0.255 e. The number of piperidine rings is 1. The van der Waals surface area contributed by atoms with Gasteiger partial charge in [0.2, 0.25) is 5.91 Å². The lowest BCUT2D eigenvalue weighted by atomic mass is 9.82. The number of carbonyl (C=O) groups excluding carboxylic acids is 3. The zero-order valence-corrected chi connectivity index (χ0v) is 15.2. The second-order valence-corrected chi connectivity index (χ2v) is 7.72. The van der Waals surface area contributed by atoms with E-state index in [0.717, 1.165) is 16.7 Å². The molecule has 0 aliphatic carbocycles. The predicted molar refractivity (Wildman–Crippen MR) is 90.6 cm³/mol. The van der Waals surface area contributed by atoms with Gasteiger partial charge < -0.3 is 4.90 Å². The molecule has 0 saturated carbocycles. The van der Waals surface area contributed by atoms with Gasteiger partial charge in [-0.1, -0.05) is 0 Å². The molecule has 1 atom stereocenters. The minimum atomic E-state index is -1.03. The van der Waals surface area contributed by atoms with Gasteiger partial charge in [-0.2, -0.15) is 0 Å². The van der Waals surface area contributed by atoms with E-state index in [2.05, 4.69) is 12.2 Å². The highest BCUT2D eigenvalue weighted by atomic mass is 16.2. The lowest BCUT2D eigenvalue weighted by Gasteiger charge is -2.47. The first-order chi connectivity index (χ1) is 11.0. The van der Waals surface area contributed by atoms with E-state index < -0.39 is 11.1 Å². The zero-order chi connectivity index (χ0) is 18.0. The third kappa shape index (κ3) is 1.96.